The van der Waals surface area contributed by atoms with Crippen LogP contribution in [0, 0.1) is 62.7 Å². The highest BCUT2D eigenvalue weighted by molar-refractivity contribution is 9.11. The first kappa shape index (κ1) is 112. The molecule has 3 fully saturated rings. The van der Waals surface area contributed by atoms with Crippen molar-refractivity contribution in [2.75, 3.05) is 129 Å². The van der Waals surface area contributed by atoms with Gasteiger partial charge in [-0.2, -0.15) is 0 Å². The Bertz CT molecular complexity index is 6300. The number of ether oxygens (including phenoxy) is 11. The molecule has 5 atom stereocenters. The fourth-order valence-corrected chi connectivity index (χ4v) is 19.0. The fraction of sp³-hybridized carbons (Fsp3) is 0.386. The number of fused-ring (bicyclic) bond motifs is 9. The van der Waals surface area contributed by atoms with E-state index in [9.17, 15) is 62.6 Å². The Morgan fingerprint density at radius 2 is 0.833 bits per heavy atom. The second kappa shape index (κ2) is 56.6. The van der Waals surface area contributed by atoms with Crippen molar-refractivity contribution in [2.45, 2.75) is 123 Å². The number of amides is 12. The van der Waals surface area contributed by atoms with Crippen LogP contribution in [0.5, 0.6) is 17.2 Å². The first-order chi connectivity index (χ1) is 69.7. The number of aryl methyl sites for hydroxylation is 2. The van der Waals surface area contributed by atoms with E-state index >= 15 is 0 Å². The summed E-state index contributed by atoms with van der Waals surface area (Å²) in [6.45, 7) is 14.5. The summed E-state index contributed by atoms with van der Waals surface area (Å²) in [6, 6.07) is 31.3. The molecule has 0 spiro atoms. The Morgan fingerprint density at radius 1 is 0.458 bits per heavy atom. The number of hydrogen-bond acceptors (Lipinski definition) is 31. The molecule has 0 saturated carbocycles. The highest BCUT2D eigenvalue weighted by Crippen LogP contribution is 2.44. The average Bonchev–Trinajstić information content (AvgIpc) is 1.63. The van der Waals surface area contributed by atoms with E-state index in [2.05, 4.69) is 143 Å². The molecule has 12 amide bonds. The number of aliphatic hydroxyl groups excluding tert-OH is 1. The standard InChI is InChI=1S/C37H35N5O8S.C20H20N2O7.C17H16BrN3OS.C13H10N2O5.C7H11ClO2.C4H9ClO2.C3H3Br/c1-22-33-40-39-23(2)41(33)37-27(21-50-22)26(20-24-8-4-3-5-9-24)30(51-37)12-7-15-47-16-17-48-18-19-49-29-11-6-10-25-32(29)36(46)42(35(25)45)28-13-14-31(43)38-34(28)44;1-2-8-27-9-10-28-11-12-29-15-5-3-4-13-17(15)20(26)22(19(13)25)14-6-7-16(23)21-18(14)24;1-10-16-20-19-11(2)21(16)17-14(9-22-10)13(15(18)23-17)8-12-6-4-3-5-7-12;16-8-3-1-2-6-10(8)13(20)15(12(6)19)7-4-5-9(17)14-11(7)18;1-2-4-9-6-7-10-5-3-8;5-1-3-7-4-2-6;1-2-3-4/h3-6,8-11,22,28H,13-21H2,1-2H3,(H,38,43,44);1,3-5,14H,6-12H2,(H,21,23,24);3-7,10H,8-9H2,1-2H3;1-3,7,16H,4-5H2,(H,14,17,18);1H,3-7H2;6H,1-4H2;1H,3H2/t22-,28?;;10-;;;;/m0.0..../s1. The molecule has 0 aliphatic carbocycles. The lowest BCUT2D eigenvalue weighted by Gasteiger charge is -2.27. The van der Waals surface area contributed by atoms with Crippen LogP contribution in [-0.2, 0) is 97.5 Å². The Kier molecular flexibility index (Phi) is 43.9. The maximum atomic E-state index is 13.2. The van der Waals surface area contributed by atoms with Gasteiger partial charge in [0.1, 0.15) is 102 Å². The number of benzene rings is 5. The van der Waals surface area contributed by atoms with Gasteiger partial charge in [0.25, 0.3) is 35.4 Å². The predicted molar refractivity (Wildman–Crippen MR) is 534 cm³/mol. The molecule has 17 rings (SSSR count). The molecular weight excluding hydrogens is 2080 g/mol. The van der Waals surface area contributed by atoms with E-state index in [4.69, 9.17) is 99.7 Å². The highest BCUT2D eigenvalue weighted by Gasteiger charge is 2.50. The number of nitrogens with one attached hydrogen (secondary N) is 3. The number of phenolic OH excluding ortho intramolecular Hbond substituents is 1. The number of hydrogen-bond donors (Lipinski definition) is 5. The zero-order chi connectivity index (χ0) is 103. The first-order valence-corrected chi connectivity index (χ1v) is 50.1. The van der Waals surface area contributed by atoms with Crippen LogP contribution in [0.15, 0.2) is 119 Å². The summed E-state index contributed by atoms with van der Waals surface area (Å²) < 4.78 is 65.5. The third kappa shape index (κ3) is 29.0. The summed E-state index contributed by atoms with van der Waals surface area (Å²) >= 11 is 20.7. The molecule has 3 saturated heterocycles. The number of imide groups is 6. The van der Waals surface area contributed by atoms with Gasteiger partial charge in [-0.3, -0.25) is 97.3 Å². The van der Waals surface area contributed by atoms with Gasteiger partial charge in [0.15, 0.2) is 11.6 Å². The van der Waals surface area contributed by atoms with Gasteiger partial charge in [-0.05, 0) is 134 Å². The van der Waals surface area contributed by atoms with Crippen LogP contribution in [0.3, 0.4) is 0 Å². The minimum Gasteiger partial charge on any atom is -0.507 e. The van der Waals surface area contributed by atoms with Gasteiger partial charge in [-0.1, -0.05) is 124 Å². The Hall–Kier alpha value is -12.6. The van der Waals surface area contributed by atoms with Crippen molar-refractivity contribution in [3.8, 4) is 76.1 Å². The van der Waals surface area contributed by atoms with E-state index in [1.807, 2.05) is 52.0 Å². The van der Waals surface area contributed by atoms with Crippen molar-refractivity contribution < 1.29 is 120 Å². The summed E-state index contributed by atoms with van der Waals surface area (Å²) in [6.07, 6.45) is 16.6. The van der Waals surface area contributed by atoms with Crippen molar-refractivity contribution in [1.82, 2.24) is 60.2 Å². The molecule has 144 heavy (non-hydrogen) atoms. The van der Waals surface area contributed by atoms with Crippen LogP contribution < -0.4 is 25.4 Å². The molecule has 9 aromatic rings. The lowest BCUT2D eigenvalue weighted by atomic mass is 10.0. The van der Waals surface area contributed by atoms with Gasteiger partial charge in [-0.25, -0.2) is 0 Å². The largest absolute Gasteiger partial charge is 0.507 e. The SMILES string of the molecule is C#CCBr.C#CCOCCOCCCl.C#CCOCCOCCOc1cccc2c1C(=O)N(C1CCC(=O)NC1=O)C2=O.Cc1nnc2n1-c1sc(Br)c(Cc3ccccc3)c1CO[C@H]2C.Cc1nnc2n1-c1sc(C#CCOCCOCCOc3cccc4c3C(=O)N(C3CCC(=O)NC3=O)C4=O)c(Cc3ccccc3)c1CO[C@H]2C.O=C1CCC(N2C(=O)c3cccc(O)c3C2=O)C(=O)N1.OCCOCCCl. The number of halogens is 4. The third-order valence-corrected chi connectivity index (χ3v) is 26.1. The number of alkyl halides is 3. The molecule has 43 heteroatoms. The number of nitrogens with zero attached hydrogens (tertiary/aromatic N) is 9. The Balaban J connectivity index is 0.000000181. The molecule has 8 aliphatic rings. The van der Waals surface area contributed by atoms with Gasteiger partial charge in [0.2, 0.25) is 35.4 Å². The van der Waals surface area contributed by atoms with Crippen LogP contribution in [0.4, 0.5) is 0 Å². The summed E-state index contributed by atoms with van der Waals surface area (Å²) in [5.41, 5.74) is 7.75. The number of carbonyl (C=O) groups is 12. The number of aromatic nitrogens is 6. The molecule has 3 unspecified atom stereocenters. The molecule has 5 aromatic carbocycles. The molecule has 8 aliphatic heterocycles. The third-order valence-electron chi connectivity index (χ3n) is 22.3. The van der Waals surface area contributed by atoms with Crippen LogP contribution in [0.2, 0.25) is 0 Å². The van der Waals surface area contributed by atoms with Crippen molar-refractivity contribution >= 4 is 149 Å². The van der Waals surface area contributed by atoms with Crippen LogP contribution in [0.25, 0.3) is 10.0 Å². The summed E-state index contributed by atoms with van der Waals surface area (Å²) in [4.78, 5) is 150. The molecule has 12 heterocycles. The molecule has 758 valence electrons. The first-order valence-electron chi connectivity index (χ1n) is 45.5. The molecule has 37 nitrogen and oxygen atoms in total. The Labute approximate surface area is 864 Å². The van der Waals surface area contributed by atoms with Gasteiger partial charge < -0.3 is 62.3 Å². The van der Waals surface area contributed by atoms with Crippen molar-refractivity contribution in [3.63, 3.8) is 0 Å². The minimum absolute atomic E-state index is 0.0492. The van der Waals surface area contributed by atoms with Crippen molar-refractivity contribution in [2.24, 2.45) is 0 Å². The topological polar surface area (TPSA) is 454 Å². The average molecular weight is 2180 g/mol. The molecule has 0 bridgehead atoms. The number of aromatic hydroxyl groups is 1. The number of rotatable bonds is 33. The van der Waals surface area contributed by atoms with Crippen LogP contribution in [0.1, 0.15) is 188 Å². The molecular formula is C101H104Br2Cl2N12O25S2. The number of carbonyl (C=O) groups excluding carboxylic acids is 12. The molecule has 5 N–H and O–H groups in total. The zero-order valence-corrected chi connectivity index (χ0v) is 85.3. The van der Waals surface area contributed by atoms with E-state index in [1.54, 1.807) is 46.9 Å². The monoisotopic (exact) mass is 2180 g/mol. The number of phenols is 1. The van der Waals surface area contributed by atoms with Crippen molar-refractivity contribution in [1.29, 1.82) is 0 Å². The molecule has 4 aromatic heterocycles. The van der Waals surface area contributed by atoms with E-state index in [-0.39, 0.29) is 148 Å². The maximum absolute atomic E-state index is 13.2. The van der Waals surface area contributed by atoms with Gasteiger partial charge in [-0.15, -0.1) is 85.5 Å². The minimum atomic E-state index is -1.04. The van der Waals surface area contributed by atoms with Gasteiger partial charge >= 0.3 is 0 Å². The number of aliphatic hydroxyl groups is 1. The maximum Gasteiger partial charge on any atom is 0.266 e. The van der Waals surface area contributed by atoms with Gasteiger partial charge in [0, 0.05) is 42.1 Å². The highest BCUT2D eigenvalue weighted by atomic mass is 79.9. The number of piperidine rings is 3. The van der Waals surface area contributed by atoms with Gasteiger partial charge in [0.05, 0.1) is 140 Å². The second-order valence-corrected chi connectivity index (χ2v) is 36.4. The van der Waals surface area contributed by atoms with Crippen molar-refractivity contribution in [3.05, 3.63) is 214 Å². The number of thiophene rings is 2. The van der Waals surface area contributed by atoms with E-state index in [1.165, 1.54) is 57.6 Å². The fourth-order valence-electron chi connectivity index (χ4n) is 15.6. The lowest BCUT2D eigenvalue weighted by molar-refractivity contribution is -0.137. The van der Waals surface area contributed by atoms with Crippen LogP contribution in [-0.4, -0.2) is 273 Å². The molecule has 0 radical (unpaired) electrons. The second-order valence-electron chi connectivity index (χ2n) is 31.8. The quantitative estimate of drug-likeness (QED) is 0.0110. The predicted octanol–water partition coefficient (Wildman–Crippen LogP) is 10.3. The summed E-state index contributed by atoms with van der Waals surface area (Å²) in [5, 5.41) is 44.4. The normalized spacial score (nSPS) is 17.1. The summed E-state index contributed by atoms with van der Waals surface area (Å²) in [7, 11) is 0. The zero-order valence-electron chi connectivity index (χ0n) is 78.9. The smallest absolute Gasteiger partial charge is 0.266 e. The van der Waals surface area contributed by atoms with E-state index in [0.29, 0.717) is 96.4 Å². The summed E-state index contributed by atoms with van der Waals surface area (Å²) in [5.74, 6) is 11.1. The van der Waals surface area contributed by atoms with E-state index < -0.39 is 89.0 Å². The number of terminal acetylenes is 3. The van der Waals surface area contributed by atoms with Crippen LogP contribution >= 0.6 is 77.7 Å². The lowest BCUT2D eigenvalue weighted by Crippen LogP contribution is -2.54. The van der Waals surface area contributed by atoms with E-state index in [0.717, 1.165) is 75.6 Å². The Morgan fingerprint density at radius 3 is 1.24 bits per heavy atom.